The van der Waals surface area contributed by atoms with Gasteiger partial charge in [0.15, 0.2) is 17.4 Å². The van der Waals surface area contributed by atoms with Crippen molar-refractivity contribution in [2.45, 2.75) is 20.3 Å². The summed E-state index contributed by atoms with van der Waals surface area (Å²) in [5, 5.41) is 24.7. The summed E-state index contributed by atoms with van der Waals surface area (Å²) in [5.74, 6) is 0.896. The monoisotopic (exact) mass is 351 g/mol. The van der Waals surface area contributed by atoms with Crippen LogP contribution in [-0.4, -0.2) is 30.5 Å². The number of aromatic hydroxyl groups is 1. The Morgan fingerprint density at radius 3 is 2.62 bits per heavy atom. The van der Waals surface area contributed by atoms with Gasteiger partial charge in [0, 0.05) is 22.9 Å². The van der Waals surface area contributed by atoms with Crippen molar-refractivity contribution in [3.05, 3.63) is 48.0 Å². The Morgan fingerprint density at radius 1 is 1.04 bits per heavy atom. The van der Waals surface area contributed by atoms with Crippen molar-refractivity contribution in [2.24, 2.45) is 5.92 Å². The van der Waals surface area contributed by atoms with Crippen molar-refractivity contribution in [1.29, 1.82) is 0 Å². The highest BCUT2D eigenvalue weighted by Gasteiger charge is 2.14. The fourth-order valence-corrected chi connectivity index (χ4v) is 2.93. The molecule has 0 radical (unpaired) electrons. The molecule has 3 N–H and O–H groups in total. The van der Waals surface area contributed by atoms with Crippen LogP contribution in [0.2, 0.25) is 0 Å². The van der Waals surface area contributed by atoms with E-state index in [0.717, 1.165) is 28.7 Å². The molecule has 0 aliphatic rings. The van der Waals surface area contributed by atoms with Gasteiger partial charge in [-0.05, 0) is 42.3 Å². The highest BCUT2D eigenvalue weighted by molar-refractivity contribution is 5.95. The molecule has 0 spiro atoms. The quantitative estimate of drug-likeness (QED) is 0.517. The number of hydrogen-bond acceptors (Lipinski definition) is 4. The first-order valence-electron chi connectivity index (χ1n) is 8.40. The van der Waals surface area contributed by atoms with Crippen molar-refractivity contribution in [3.8, 4) is 28.4 Å². The van der Waals surface area contributed by atoms with Gasteiger partial charge in [0.2, 0.25) is 0 Å². The molecule has 0 unspecified atom stereocenters. The third-order valence-corrected chi connectivity index (χ3v) is 4.18. The van der Waals surface area contributed by atoms with E-state index in [0.29, 0.717) is 23.0 Å². The summed E-state index contributed by atoms with van der Waals surface area (Å²) in [4.78, 5) is 4.55. The van der Waals surface area contributed by atoms with Gasteiger partial charge in [0.05, 0.1) is 5.52 Å². The van der Waals surface area contributed by atoms with Gasteiger partial charge in [0.25, 0.3) is 0 Å². The summed E-state index contributed by atoms with van der Waals surface area (Å²) in [6.07, 6.45) is 0.832. The molecule has 0 atom stereocenters. The Morgan fingerprint density at radius 2 is 1.85 bits per heavy atom. The topological polar surface area (TPSA) is 90.5 Å². The number of benzene rings is 2. The molecule has 0 saturated carbocycles. The lowest BCUT2D eigenvalue weighted by Crippen LogP contribution is -1.95. The SMILES string of the molecule is CC(C)Cc1nc(-c2ccc3[nH]nc(-c4ccc(O)c(F)c4)c3c2)n[nH]1. The van der Waals surface area contributed by atoms with E-state index in [1.165, 1.54) is 12.1 Å². The zero-order valence-corrected chi connectivity index (χ0v) is 14.4. The number of aromatic nitrogens is 5. The van der Waals surface area contributed by atoms with Crippen LogP contribution in [0.1, 0.15) is 19.7 Å². The maximum Gasteiger partial charge on any atom is 0.181 e. The number of phenolic OH excluding ortho intramolecular Hbond substituents is 1. The number of phenols is 1. The van der Waals surface area contributed by atoms with Gasteiger partial charge in [-0.2, -0.15) is 10.2 Å². The average Bonchev–Trinajstić information content (AvgIpc) is 3.23. The Kier molecular flexibility index (Phi) is 3.91. The maximum atomic E-state index is 13.7. The summed E-state index contributed by atoms with van der Waals surface area (Å²) < 4.78 is 13.7. The summed E-state index contributed by atoms with van der Waals surface area (Å²) in [7, 11) is 0. The van der Waals surface area contributed by atoms with Crippen LogP contribution < -0.4 is 0 Å². The molecule has 0 aliphatic carbocycles. The smallest absolute Gasteiger partial charge is 0.181 e. The Labute approximate surface area is 149 Å². The number of halogens is 1. The second kappa shape index (κ2) is 6.25. The normalized spacial score (nSPS) is 11.5. The molecule has 132 valence electrons. The molecular formula is C19H18FN5O. The van der Waals surface area contributed by atoms with Crippen LogP contribution in [0.3, 0.4) is 0 Å². The number of H-pyrrole nitrogens is 2. The van der Waals surface area contributed by atoms with E-state index in [4.69, 9.17) is 0 Å². The fourth-order valence-electron chi connectivity index (χ4n) is 2.93. The van der Waals surface area contributed by atoms with Gasteiger partial charge in [-0.15, -0.1) is 0 Å². The van der Waals surface area contributed by atoms with E-state index >= 15 is 0 Å². The number of nitrogens with one attached hydrogen (secondary N) is 2. The third-order valence-electron chi connectivity index (χ3n) is 4.18. The molecule has 2 heterocycles. The first-order chi connectivity index (χ1) is 12.5. The minimum absolute atomic E-state index is 0.382. The van der Waals surface area contributed by atoms with Crippen LogP contribution in [0.5, 0.6) is 5.75 Å². The predicted octanol–water partition coefficient (Wildman–Crippen LogP) is 4.06. The maximum absolute atomic E-state index is 13.7. The van der Waals surface area contributed by atoms with Gasteiger partial charge in [-0.25, -0.2) is 9.37 Å². The number of nitrogens with zero attached hydrogens (tertiary/aromatic N) is 3. The molecule has 0 aliphatic heterocycles. The molecule has 0 fully saturated rings. The van der Waals surface area contributed by atoms with Crippen LogP contribution in [0.15, 0.2) is 36.4 Å². The average molecular weight is 351 g/mol. The van der Waals surface area contributed by atoms with Crippen molar-refractivity contribution in [1.82, 2.24) is 25.4 Å². The molecule has 2 aromatic heterocycles. The van der Waals surface area contributed by atoms with Gasteiger partial charge >= 0.3 is 0 Å². The van der Waals surface area contributed by atoms with E-state index < -0.39 is 5.82 Å². The first kappa shape index (κ1) is 16.3. The lowest BCUT2D eigenvalue weighted by molar-refractivity contribution is 0.432. The van der Waals surface area contributed by atoms with E-state index in [1.54, 1.807) is 6.07 Å². The molecule has 2 aromatic carbocycles. The van der Waals surface area contributed by atoms with Crippen LogP contribution in [-0.2, 0) is 6.42 Å². The molecule has 26 heavy (non-hydrogen) atoms. The summed E-state index contributed by atoms with van der Waals surface area (Å²) in [6.45, 7) is 4.26. The van der Waals surface area contributed by atoms with E-state index in [2.05, 4.69) is 39.2 Å². The van der Waals surface area contributed by atoms with E-state index in [-0.39, 0.29) is 5.75 Å². The van der Waals surface area contributed by atoms with Gasteiger partial charge in [0.1, 0.15) is 11.5 Å². The van der Waals surface area contributed by atoms with Crippen molar-refractivity contribution < 1.29 is 9.50 Å². The van der Waals surface area contributed by atoms with E-state index in [9.17, 15) is 9.50 Å². The minimum atomic E-state index is -0.679. The Bertz CT molecular complexity index is 1080. The highest BCUT2D eigenvalue weighted by Crippen LogP contribution is 2.31. The zero-order chi connectivity index (χ0) is 18.3. The van der Waals surface area contributed by atoms with Crippen LogP contribution >= 0.6 is 0 Å². The van der Waals surface area contributed by atoms with E-state index in [1.807, 2.05) is 18.2 Å². The Hall–Kier alpha value is -3.22. The first-order valence-corrected chi connectivity index (χ1v) is 8.40. The molecular weight excluding hydrogens is 333 g/mol. The van der Waals surface area contributed by atoms with Crippen molar-refractivity contribution >= 4 is 10.9 Å². The molecule has 4 rings (SSSR count). The number of aromatic amines is 2. The summed E-state index contributed by atoms with van der Waals surface area (Å²) in [6, 6.07) is 9.98. The number of hydrogen-bond donors (Lipinski definition) is 3. The second-order valence-corrected chi connectivity index (χ2v) is 6.70. The summed E-state index contributed by atoms with van der Waals surface area (Å²) in [5.41, 5.74) is 2.87. The molecule has 0 saturated heterocycles. The zero-order valence-electron chi connectivity index (χ0n) is 14.4. The third kappa shape index (κ3) is 2.92. The predicted molar refractivity (Wildman–Crippen MR) is 97.1 cm³/mol. The number of fused-ring (bicyclic) bond motifs is 1. The largest absolute Gasteiger partial charge is 0.505 e. The van der Waals surface area contributed by atoms with Crippen LogP contribution in [0.25, 0.3) is 33.5 Å². The van der Waals surface area contributed by atoms with Crippen LogP contribution in [0, 0.1) is 11.7 Å². The van der Waals surface area contributed by atoms with Gasteiger partial charge in [-0.3, -0.25) is 10.2 Å². The minimum Gasteiger partial charge on any atom is -0.505 e. The molecule has 4 aromatic rings. The number of rotatable bonds is 4. The molecule has 0 bridgehead atoms. The lowest BCUT2D eigenvalue weighted by atomic mass is 10.0. The van der Waals surface area contributed by atoms with Gasteiger partial charge < -0.3 is 5.11 Å². The van der Waals surface area contributed by atoms with Gasteiger partial charge in [-0.1, -0.05) is 13.8 Å². The highest BCUT2D eigenvalue weighted by atomic mass is 19.1. The van der Waals surface area contributed by atoms with Crippen molar-refractivity contribution in [2.75, 3.05) is 0 Å². The molecule has 7 heteroatoms. The molecule has 6 nitrogen and oxygen atoms in total. The lowest BCUT2D eigenvalue weighted by Gasteiger charge is -2.01. The standard InChI is InChI=1S/C19H18FN5O/c1-10(2)7-17-21-19(25-23-17)12-3-5-15-13(8-12)18(24-22-15)11-4-6-16(26)14(20)9-11/h3-6,8-10,26H,7H2,1-2H3,(H,22,24)(H,21,23,25). The fraction of sp³-hybridized carbons (Fsp3) is 0.211. The van der Waals surface area contributed by atoms with Crippen LogP contribution in [0.4, 0.5) is 4.39 Å². The molecule has 0 amide bonds. The van der Waals surface area contributed by atoms with Crippen molar-refractivity contribution in [3.63, 3.8) is 0 Å². The second-order valence-electron chi connectivity index (χ2n) is 6.70. The Balaban J connectivity index is 1.77. The summed E-state index contributed by atoms with van der Waals surface area (Å²) >= 11 is 0.